The average Bonchev–Trinajstić information content (AvgIpc) is 2.63. The second-order valence-electron chi connectivity index (χ2n) is 10.2. The third kappa shape index (κ3) is 3.34. The summed E-state index contributed by atoms with van der Waals surface area (Å²) in [6, 6.07) is 0.330. The summed E-state index contributed by atoms with van der Waals surface area (Å²) in [5.41, 5.74) is -0.0948. The summed E-state index contributed by atoms with van der Waals surface area (Å²) in [4.78, 5) is 22.2. The second kappa shape index (κ2) is 7.05. The van der Waals surface area contributed by atoms with Crippen LogP contribution < -0.4 is 15.4 Å². The lowest BCUT2D eigenvalue weighted by Crippen LogP contribution is -2.61. The summed E-state index contributed by atoms with van der Waals surface area (Å²) in [6.07, 6.45) is 9.62. The smallest absolute Gasteiger partial charge is 0.258 e. The maximum Gasteiger partial charge on any atom is 0.258 e. The van der Waals surface area contributed by atoms with E-state index in [-0.39, 0.29) is 24.1 Å². The second-order valence-corrected chi connectivity index (χ2v) is 10.2. The number of carbonyl (C=O) groups is 1. The number of nitrogens with one attached hydrogen (secondary N) is 2. The molecule has 7 rings (SSSR count). The van der Waals surface area contributed by atoms with Gasteiger partial charge in [-0.1, -0.05) is 0 Å². The molecule has 8 nitrogen and oxygen atoms in total. The van der Waals surface area contributed by atoms with E-state index in [0.29, 0.717) is 48.4 Å². The first-order valence-corrected chi connectivity index (χ1v) is 11.5. The topological polar surface area (TPSA) is 106 Å². The van der Waals surface area contributed by atoms with Crippen molar-refractivity contribution in [2.75, 3.05) is 18.5 Å². The molecule has 8 heteroatoms. The van der Waals surface area contributed by atoms with Crippen LogP contribution in [0.25, 0.3) is 0 Å². The zero-order chi connectivity index (χ0) is 20.3. The van der Waals surface area contributed by atoms with Gasteiger partial charge in [0.25, 0.3) is 5.91 Å². The average molecular weight is 415 g/mol. The van der Waals surface area contributed by atoms with Crippen molar-refractivity contribution in [1.82, 2.24) is 15.3 Å². The molecule has 6 aliphatic rings. The number of amides is 1. The molecule has 1 aliphatic heterocycles. The van der Waals surface area contributed by atoms with Crippen LogP contribution >= 0.6 is 0 Å². The lowest BCUT2D eigenvalue weighted by Gasteiger charge is -2.58. The van der Waals surface area contributed by atoms with Gasteiger partial charge in [0.1, 0.15) is 11.7 Å². The molecule has 3 unspecified atom stereocenters. The van der Waals surface area contributed by atoms with Crippen LogP contribution in [0.1, 0.15) is 61.7 Å². The van der Waals surface area contributed by atoms with Gasteiger partial charge in [-0.3, -0.25) is 4.79 Å². The fraction of sp³-hybridized carbons (Fsp3) is 0.773. The molecular formula is C22H30N4O4. The zero-order valence-electron chi connectivity index (χ0n) is 17.2. The number of carbonyl (C=O) groups excluding carboxylic acids is 1. The summed E-state index contributed by atoms with van der Waals surface area (Å²) in [7, 11) is 0. The maximum atomic E-state index is 13.3. The normalized spacial score (nSPS) is 37.4. The van der Waals surface area contributed by atoms with E-state index in [1.807, 2.05) is 0 Å². The number of rotatable bonds is 6. The molecule has 5 aliphatic carbocycles. The Balaban J connectivity index is 1.20. The molecule has 0 aromatic carbocycles. The molecule has 5 saturated carbocycles. The molecule has 3 N–H and O–H groups in total. The van der Waals surface area contributed by atoms with Crippen molar-refractivity contribution in [3.63, 3.8) is 0 Å². The Hall–Kier alpha value is -1.93. The molecule has 0 spiro atoms. The Labute approximate surface area is 176 Å². The Kier molecular flexibility index (Phi) is 4.42. The highest BCUT2D eigenvalue weighted by atomic mass is 16.5. The standard InChI is InChI=1S/C22H30N4O4/c27-19(25-18-13-4-12-5-14(18)8-22(28,6-12)7-13)17-9-23-21(24-15-10-29-11-15)26-20(17)30-16-2-1-3-16/h9,12-16,18,28H,1-8,10-11H2,(H,25,27)(H,23,24,26)/t12?,13-,14+,18?,22?. The van der Waals surface area contributed by atoms with Crippen LogP contribution in [0.2, 0.25) is 0 Å². The van der Waals surface area contributed by atoms with Crippen molar-refractivity contribution < 1.29 is 19.4 Å². The number of aliphatic hydroxyl groups is 1. The van der Waals surface area contributed by atoms with Crippen LogP contribution in [0.4, 0.5) is 5.95 Å². The Morgan fingerprint density at radius 2 is 1.97 bits per heavy atom. The van der Waals surface area contributed by atoms with E-state index in [1.165, 1.54) is 0 Å². The molecule has 0 radical (unpaired) electrons. The van der Waals surface area contributed by atoms with Crippen LogP contribution in [0.3, 0.4) is 0 Å². The molecule has 30 heavy (non-hydrogen) atoms. The lowest BCUT2D eigenvalue weighted by molar-refractivity contribution is -0.136. The lowest BCUT2D eigenvalue weighted by atomic mass is 9.52. The predicted octanol–water partition coefficient (Wildman–Crippen LogP) is 1.89. The Bertz CT molecular complexity index is 824. The van der Waals surface area contributed by atoms with Crippen molar-refractivity contribution in [1.29, 1.82) is 0 Å². The van der Waals surface area contributed by atoms with Crippen molar-refractivity contribution in [3.05, 3.63) is 11.8 Å². The van der Waals surface area contributed by atoms with Gasteiger partial charge in [-0.15, -0.1) is 0 Å². The van der Waals surface area contributed by atoms with Gasteiger partial charge >= 0.3 is 0 Å². The third-order valence-corrected chi connectivity index (χ3v) is 7.84. The van der Waals surface area contributed by atoms with Crippen LogP contribution in [0.15, 0.2) is 6.20 Å². The predicted molar refractivity (Wildman–Crippen MR) is 108 cm³/mol. The third-order valence-electron chi connectivity index (χ3n) is 7.84. The minimum Gasteiger partial charge on any atom is -0.474 e. The quantitative estimate of drug-likeness (QED) is 0.653. The SMILES string of the molecule is O=C(NC1[C@@H]2CC3C[C@H]1CC(O)(C3)C2)c1cnc(NC2COC2)nc1OC1CCC1. The summed E-state index contributed by atoms with van der Waals surface area (Å²) in [5.74, 6) is 2.03. The van der Waals surface area contributed by atoms with Crippen LogP contribution in [0, 0.1) is 17.8 Å². The number of hydrogen-bond acceptors (Lipinski definition) is 7. The van der Waals surface area contributed by atoms with E-state index in [0.717, 1.165) is 51.4 Å². The van der Waals surface area contributed by atoms with Crippen LogP contribution in [0.5, 0.6) is 5.88 Å². The molecule has 4 bridgehead atoms. The summed E-state index contributed by atoms with van der Waals surface area (Å²) < 4.78 is 11.3. The highest BCUT2D eigenvalue weighted by Crippen LogP contribution is 2.55. The van der Waals surface area contributed by atoms with Crippen LogP contribution in [-0.2, 0) is 4.74 Å². The maximum absolute atomic E-state index is 13.3. The summed E-state index contributed by atoms with van der Waals surface area (Å²) in [6.45, 7) is 1.28. The zero-order valence-corrected chi connectivity index (χ0v) is 17.2. The minimum atomic E-state index is -0.502. The Morgan fingerprint density at radius 3 is 2.57 bits per heavy atom. The van der Waals surface area contributed by atoms with Gasteiger partial charge in [0, 0.05) is 12.2 Å². The first-order chi connectivity index (χ1) is 14.5. The van der Waals surface area contributed by atoms with E-state index in [9.17, 15) is 9.90 Å². The summed E-state index contributed by atoms with van der Waals surface area (Å²) in [5, 5.41) is 17.3. The Morgan fingerprint density at radius 1 is 1.20 bits per heavy atom. The number of ether oxygens (including phenoxy) is 2. The van der Waals surface area contributed by atoms with Gasteiger partial charge in [-0.05, 0) is 69.1 Å². The first-order valence-electron chi connectivity index (χ1n) is 11.5. The highest BCUT2D eigenvalue weighted by Gasteiger charge is 2.55. The monoisotopic (exact) mass is 414 g/mol. The van der Waals surface area contributed by atoms with E-state index in [2.05, 4.69) is 20.6 Å². The van der Waals surface area contributed by atoms with Crippen molar-refractivity contribution in [2.45, 2.75) is 75.2 Å². The molecule has 1 aromatic heterocycles. The van der Waals surface area contributed by atoms with Crippen molar-refractivity contribution in [3.8, 4) is 5.88 Å². The van der Waals surface area contributed by atoms with E-state index >= 15 is 0 Å². The van der Waals surface area contributed by atoms with Gasteiger partial charge in [-0.25, -0.2) is 4.98 Å². The fourth-order valence-corrected chi connectivity index (χ4v) is 6.28. The minimum absolute atomic E-state index is 0.121. The molecule has 5 atom stereocenters. The molecule has 162 valence electrons. The van der Waals surface area contributed by atoms with Crippen molar-refractivity contribution >= 4 is 11.9 Å². The molecule has 6 fully saturated rings. The molecular weight excluding hydrogens is 384 g/mol. The molecule has 1 saturated heterocycles. The molecule has 1 amide bonds. The van der Waals surface area contributed by atoms with E-state index in [4.69, 9.17) is 9.47 Å². The van der Waals surface area contributed by atoms with E-state index < -0.39 is 5.60 Å². The number of hydrogen-bond donors (Lipinski definition) is 3. The van der Waals surface area contributed by atoms with Crippen molar-refractivity contribution in [2.24, 2.45) is 17.8 Å². The van der Waals surface area contributed by atoms with Crippen LogP contribution in [-0.4, -0.2) is 58.0 Å². The summed E-state index contributed by atoms with van der Waals surface area (Å²) >= 11 is 0. The largest absolute Gasteiger partial charge is 0.474 e. The number of anilines is 1. The molecule has 2 heterocycles. The number of aromatic nitrogens is 2. The number of nitrogens with zero attached hydrogens (tertiary/aromatic N) is 2. The van der Waals surface area contributed by atoms with Gasteiger partial charge in [0.05, 0.1) is 24.9 Å². The van der Waals surface area contributed by atoms with Gasteiger partial charge in [-0.2, -0.15) is 4.98 Å². The molecule has 1 aromatic rings. The van der Waals surface area contributed by atoms with Gasteiger partial charge < -0.3 is 25.2 Å². The highest BCUT2D eigenvalue weighted by molar-refractivity contribution is 5.96. The first kappa shape index (κ1) is 18.8. The van der Waals surface area contributed by atoms with E-state index in [1.54, 1.807) is 6.20 Å². The van der Waals surface area contributed by atoms with Gasteiger partial charge in [0.2, 0.25) is 11.8 Å². The van der Waals surface area contributed by atoms with Gasteiger partial charge in [0.15, 0.2) is 0 Å². The fourth-order valence-electron chi connectivity index (χ4n) is 6.28.